The molecular formula is C23H28FN3O4S. The summed E-state index contributed by atoms with van der Waals surface area (Å²) in [7, 11) is -3.70. The molecule has 0 aromatic heterocycles. The summed E-state index contributed by atoms with van der Waals surface area (Å²) in [5.74, 6) is -1.39. The largest absolute Gasteiger partial charge is 0.325 e. The highest BCUT2D eigenvalue weighted by Crippen LogP contribution is 2.28. The molecule has 1 heterocycles. The Morgan fingerprint density at radius 1 is 1.12 bits per heavy atom. The number of anilines is 1. The first-order valence-electron chi connectivity index (χ1n) is 10.3. The van der Waals surface area contributed by atoms with Gasteiger partial charge in [0.2, 0.25) is 15.9 Å². The molecule has 1 atom stereocenters. The second kappa shape index (κ2) is 8.99. The van der Waals surface area contributed by atoms with Crippen LogP contribution in [0.25, 0.3) is 0 Å². The Bertz CT molecular complexity index is 1130. The smallest absolute Gasteiger partial charge is 0.251 e. The van der Waals surface area contributed by atoms with Crippen LogP contribution >= 0.6 is 0 Å². The van der Waals surface area contributed by atoms with Gasteiger partial charge in [-0.15, -0.1) is 0 Å². The molecule has 1 N–H and O–H groups in total. The van der Waals surface area contributed by atoms with Crippen molar-refractivity contribution in [1.29, 1.82) is 0 Å². The van der Waals surface area contributed by atoms with E-state index in [2.05, 4.69) is 5.32 Å². The van der Waals surface area contributed by atoms with E-state index in [0.29, 0.717) is 11.3 Å². The highest BCUT2D eigenvalue weighted by atomic mass is 32.2. The molecule has 9 heteroatoms. The van der Waals surface area contributed by atoms with Gasteiger partial charge in [-0.05, 0) is 49.9 Å². The first-order chi connectivity index (χ1) is 14.9. The predicted molar refractivity (Wildman–Crippen MR) is 121 cm³/mol. The number of hydrogen-bond donors (Lipinski definition) is 1. The predicted octanol–water partition coefficient (Wildman–Crippen LogP) is 2.49. The average Bonchev–Trinajstić information content (AvgIpc) is 2.70. The van der Waals surface area contributed by atoms with Gasteiger partial charge in [0.1, 0.15) is 11.4 Å². The number of amides is 2. The van der Waals surface area contributed by atoms with E-state index in [9.17, 15) is 22.4 Å². The molecule has 2 amide bonds. The van der Waals surface area contributed by atoms with Crippen LogP contribution in [0.5, 0.6) is 0 Å². The fraction of sp³-hybridized carbons (Fsp3) is 0.391. The number of sulfonamides is 1. The van der Waals surface area contributed by atoms with E-state index >= 15 is 0 Å². The molecule has 0 radical (unpaired) electrons. The van der Waals surface area contributed by atoms with Gasteiger partial charge in [0, 0.05) is 18.8 Å². The third-order valence-corrected chi connectivity index (χ3v) is 7.13. The molecule has 3 rings (SSSR count). The first-order valence-corrected chi connectivity index (χ1v) is 12.1. The lowest BCUT2D eigenvalue weighted by atomic mass is 9.94. The van der Waals surface area contributed by atoms with Crippen molar-refractivity contribution in [3.05, 3.63) is 65.0 Å². The van der Waals surface area contributed by atoms with Gasteiger partial charge in [0.15, 0.2) is 0 Å². The molecule has 2 aromatic rings. The number of carbonyl (C=O) groups excluding carboxylic acids is 2. The molecule has 32 heavy (non-hydrogen) atoms. The Balaban J connectivity index is 1.95. The van der Waals surface area contributed by atoms with Crippen molar-refractivity contribution < 1.29 is 22.4 Å². The summed E-state index contributed by atoms with van der Waals surface area (Å²) in [5, 5.41) is 2.89. The van der Waals surface area contributed by atoms with E-state index in [1.54, 1.807) is 25.1 Å². The average molecular weight is 462 g/mol. The Morgan fingerprint density at radius 3 is 2.34 bits per heavy atom. The molecule has 1 aliphatic rings. The number of hydrogen-bond acceptors (Lipinski definition) is 4. The number of piperazine rings is 1. The molecule has 0 bridgehead atoms. The van der Waals surface area contributed by atoms with E-state index in [0.717, 1.165) is 21.7 Å². The lowest BCUT2D eigenvalue weighted by Gasteiger charge is -2.46. The second-order valence-electron chi connectivity index (χ2n) is 8.41. The number of nitrogens with zero attached hydrogens (tertiary/aromatic N) is 2. The molecule has 1 aliphatic heterocycles. The number of aryl methyl sites for hydroxylation is 2. The highest BCUT2D eigenvalue weighted by molar-refractivity contribution is 7.88. The fourth-order valence-corrected chi connectivity index (χ4v) is 4.82. The standard InChI is InChI=1S/C23H28FN3O4S/c1-16-8-7-9-17(2)21(16)25-22(29)23(3)15-26(32(4,30)31)14-20(28)27(23)13-12-18-10-5-6-11-19(18)24/h5-11H,12-15H2,1-4H3,(H,25,29). The summed E-state index contributed by atoms with van der Waals surface area (Å²) in [4.78, 5) is 27.9. The van der Waals surface area contributed by atoms with E-state index < -0.39 is 33.2 Å². The summed E-state index contributed by atoms with van der Waals surface area (Å²) < 4.78 is 39.6. The zero-order chi connectivity index (χ0) is 23.7. The van der Waals surface area contributed by atoms with E-state index in [1.807, 2.05) is 32.0 Å². The number of benzene rings is 2. The molecule has 1 saturated heterocycles. The van der Waals surface area contributed by atoms with Crippen LogP contribution in [-0.4, -0.2) is 60.9 Å². The minimum atomic E-state index is -3.70. The topological polar surface area (TPSA) is 86.8 Å². The Labute approximate surface area is 188 Å². The molecule has 2 aromatic carbocycles. The van der Waals surface area contributed by atoms with Crippen molar-refractivity contribution in [2.45, 2.75) is 32.7 Å². The summed E-state index contributed by atoms with van der Waals surface area (Å²) >= 11 is 0. The van der Waals surface area contributed by atoms with E-state index in [1.165, 1.54) is 11.0 Å². The molecule has 0 spiro atoms. The van der Waals surface area contributed by atoms with E-state index in [-0.39, 0.29) is 26.1 Å². The van der Waals surface area contributed by atoms with E-state index in [4.69, 9.17) is 0 Å². The molecular weight excluding hydrogens is 433 g/mol. The zero-order valence-electron chi connectivity index (χ0n) is 18.7. The van der Waals surface area contributed by atoms with Gasteiger partial charge < -0.3 is 10.2 Å². The summed E-state index contributed by atoms with van der Waals surface area (Å²) in [6.07, 6.45) is 1.21. The minimum absolute atomic E-state index is 0.0774. The van der Waals surface area contributed by atoms with Crippen LogP contribution in [0.2, 0.25) is 0 Å². The summed E-state index contributed by atoms with van der Waals surface area (Å²) in [6.45, 7) is 4.79. The lowest BCUT2D eigenvalue weighted by molar-refractivity contribution is -0.150. The Morgan fingerprint density at radius 2 is 1.75 bits per heavy atom. The number of para-hydroxylation sites is 1. The van der Waals surface area contributed by atoms with Crippen molar-refractivity contribution in [2.24, 2.45) is 0 Å². The quantitative estimate of drug-likeness (QED) is 0.716. The van der Waals surface area contributed by atoms with Crippen molar-refractivity contribution in [3.63, 3.8) is 0 Å². The molecule has 7 nitrogen and oxygen atoms in total. The highest BCUT2D eigenvalue weighted by Gasteiger charge is 2.49. The monoisotopic (exact) mass is 461 g/mol. The molecule has 172 valence electrons. The number of carbonyl (C=O) groups is 2. The van der Waals surface area contributed by atoms with Crippen LogP contribution in [0.3, 0.4) is 0 Å². The molecule has 0 saturated carbocycles. The number of rotatable bonds is 6. The van der Waals surface area contributed by atoms with Crippen molar-refractivity contribution in [1.82, 2.24) is 9.21 Å². The van der Waals surface area contributed by atoms with Crippen LogP contribution in [0.1, 0.15) is 23.6 Å². The van der Waals surface area contributed by atoms with Gasteiger partial charge in [-0.2, -0.15) is 4.31 Å². The molecule has 1 fully saturated rings. The van der Waals surface area contributed by atoms with Gasteiger partial charge in [0.05, 0.1) is 12.8 Å². The van der Waals surface area contributed by atoms with Gasteiger partial charge >= 0.3 is 0 Å². The molecule has 0 aliphatic carbocycles. The van der Waals surface area contributed by atoms with Gasteiger partial charge in [0.25, 0.3) is 5.91 Å². The van der Waals surface area contributed by atoms with Crippen LogP contribution < -0.4 is 5.32 Å². The normalized spacial score (nSPS) is 19.8. The van der Waals surface area contributed by atoms with Crippen LogP contribution in [0.15, 0.2) is 42.5 Å². The Kier molecular flexibility index (Phi) is 6.71. The lowest BCUT2D eigenvalue weighted by Crippen LogP contribution is -2.69. The van der Waals surface area contributed by atoms with Crippen LogP contribution in [-0.2, 0) is 26.0 Å². The number of halogens is 1. The third kappa shape index (κ3) is 4.83. The van der Waals surface area contributed by atoms with Gasteiger partial charge in [-0.1, -0.05) is 36.4 Å². The summed E-state index contributed by atoms with van der Waals surface area (Å²) in [6, 6.07) is 11.8. The number of nitrogens with one attached hydrogen (secondary N) is 1. The SMILES string of the molecule is Cc1cccc(C)c1NC(=O)C1(C)CN(S(C)(=O)=O)CC(=O)N1CCc1ccccc1F. The second-order valence-corrected chi connectivity index (χ2v) is 10.4. The summed E-state index contributed by atoms with van der Waals surface area (Å²) in [5.41, 5.74) is 1.27. The fourth-order valence-electron chi connectivity index (χ4n) is 3.99. The maximum absolute atomic E-state index is 14.1. The van der Waals surface area contributed by atoms with Crippen molar-refractivity contribution in [2.75, 3.05) is 31.2 Å². The zero-order valence-corrected chi connectivity index (χ0v) is 19.5. The van der Waals surface area contributed by atoms with Gasteiger partial charge in [-0.3, -0.25) is 9.59 Å². The molecule has 1 unspecified atom stereocenters. The maximum atomic E-state index is 14.1. The third-order valence-electron chi connectivity index (χ3n) is 5.93. The van der Waals surface area contributed by atoms with Crippen LogP contribution in [0.4, 0.5) is 10.1 Å². The van der Waals surface area contributed by atoms with Crippen LogP contribution in [0, 0.1) is 19.7 Å². The van der Waals surface area contributed by atoms with Crippen molar-refractivity contribution >= 4 is 27.5 Å². The Hall–Kier alpha value is -2.78. The van der Waals surface area contributed by atoms with Gasteiger partial charge in [-0.25, -0.2) is 12.8 Å². The van der Waals surface area contributed by atoms with Crippen molar-refractivity contribution in [3.8, 4) is 0 Å². The first kappa shape index (κ1) is 23.9. The maximum Gasteiger partial charge on any atom is 0.251 e. The minimum Gasteiger partial charge on any atom is -0.325 e.